The zero-order valence-corrected chi connectivity index (χ0v) is 13.9. The van der Waals surface area contributed by atoms with E-state index in [4.69, 9.17) is 0 Å². The average molecular weight is 368 g/mol. The first-order valence-electron chi connectivity index (χ1n) is 6.93. The van der Waals surface area contributed by atoms with Crippen LogP contribution in [-0.4, -0.2) is 24.4 Å². The van der Waals surface area contributed by atoms with Gasteiger partial charge < -0.3 is 5.32 Å². The lowest BCUT2D eigenvalue weighted by Crippen LogP contribution is -2.33. The molecule has 1 unspecified atom stereocenters. The molecule has 6 heteroatoms. The number of nitrogens with one attached hydrogen (secondary N) is 2. The molecule has 0 aliphatic carbocycles. The van der Waals surface area contributed by atoms with Crippen molar-refractivity contribution in [2.24, 2.45) is 0 Å². The summed E-state index contributed by atoms with van der Waals surface area (Å²) in [5.41, 5.74) is 7.16. The predicted molar refractivity (Wildman–Crippen MR) is 86.9 cm³/mol. The summed E-state index contributed by atoms with van der Waals surface area (Å²) in [5, 5.41) is 5.62. The van der Waals surface area contributed by atoms with E-state index in [1.807, 2.05) is 36.0 Å². The highest BCUT2D eigenvalue weighted by atomic mass is 79.9. The number of nitrogens with zero attached hydrogens (tertiary/aromatic N) is 1. The third-order valence-electron chi connectivity index (χ3n) is 4.21. The molecule has 3 aliphatic heterocycles. The highest BCUT2D eigenvalue weighted by molar-refractivity contribution is 9.10. The van der Waals surface area contributed by atoms with Crippen LogP contribution in [0.5, 0.6) is 0 Å². The van der Waals surface area contributed by atoms with Crippen molar-refractivity contribution in [1.29, 1.82) is 0 Å². The van der Waals surface area contributed by atoms with E-state index >= 15 is 0 Å². The summed E-state index contributed by atoms with van der Waals surface area (Å²) in [7, 11) is 2.03. The van der Waals surface area contributed by atoms with Crippen LogP contribution in [0.2, 0.25) is 0 Å². The molecular formula is C15H15BrFN3S. The van der Waals surface area contributed by atoms with Crippen molar-refractivity contribution in [3.05, 3.63) is 56.0 Å². The molecule has 0 bridgehead atoms. The van der Waals surface area contributed by atoms with E-state index in [1.54, 1.807) is 6.07 Å². The minimum absolute atomic E-state index is 0.211. The normalized spacial score (nSPS) is 24.3. The minimum atomic E-state index is -0.211. The van der Waals surface area contributed by atoms with Gasteiger partial charge in [0.05, 0.1) is 4.47 Å². The number of thioether (sulfide) groups is 1. The highest BCUT2D eigenvalue weighted by Gasteiger charge is 2.37. The molecule has 1 aromatic rings. The SMILES string of the molecule is CN1NCC2=C1NC1=C(SCC1)C2c1ccc(F)c(Br)c1. The van der Waals surface area contributed by atoms with Gasteiger partial charge in [-0.25, -0.2) is 9.82 Å². The fraction of sp³-hybridized carbons (Fsp3) is 0.333. The molecule has 0 spiro atoms. The number of hydrogen-bond donors (Lipinski definition) is 2. The molecule has 0 amide bonds. The number of rotatable bonds is 1. The molecule has 3 heterocycles. The van der Waals surface area contributed by atoms with E-state index in [0.717, 1.165) is 30.1 Å². The highest BCUT2D eigenvalue weighted by Crippen LogP contribution is 2.49. The van der Waals surface area contributed by atoms with E-state index in [-0.39, 0.29) is 11.7 Å². The molecule has 2 N–H and O–H groups in total. The quantitative estimate of drug-likeness (QED) is 0.796. The molecule has 0 aromatic heterocycles. The van der Waals surface area contributed by atoms with Gasteiger partial charge in [0.1, 0.15) is 11.6 Å². The first-order chi connectivity index (χ1) is 10.1. The molecule has 0 radical (unpaired) electrons. The third-order valence-corrected chi connectivity index (χ3v) is 6.02. The minimum Gasteiger partial charge on any atom is -0.344 e. The Morgan fingerprint density at radius 2 is 2.29 bits per heavy atom. The van der Waals surface area contributed by atoms with E-state index < -0.39 is 0 Å². The van der Waals surface area contributed by atoms with Crippen molar-refractivity contribution in [3.8, 4) is 0 Å². The smallest absolute Gasteiger partial charge is 0.137 e. The zero-order chi connectivity index (χ0) is 14.6. The van der Waals surface area contributed by atoms with Crippen molar-refractivity contribution >= 4 is 27.7 Å². The lowest BCUT2D eigenvalue weighted by atomic mass is 9.87. The second kappa shape index (κ2) is 5.04. The first kappa shape index (κ1) is 13.7. The van der Waals surface area contributed by atoms with Crippen molar-refractivity contribution in [1.82, 2.24) is 15.8 Å². The molecule has 3 nitrogen and oxygen atoms in total. The maximum absolute atomic E-state index is 13.6. The van der Waals surface area contributed by atoms with Gasteiger partial charge in [0.15, 0.2) is 0 Å². The van der Waals surface area contributed by atoms with Crippen LogP contribution in [0.3, 0.4) is 0 Å². The Morgan fingerprint density at radius 1 is 1.43 bits per heavy atom. The Morgan fingerprint density at radius 3 is 3.10 bits per heavy atom. The summed E-state index contributed by atoms with van der Waals surface area (Å²) in [6.45, 7) is 0.829. The molecule has 21 heavy (non-hydrogen) atoms. The third kappa shape index (κ3) is 2.12. The molecule has 110 valence electrons. The van der Waals surface area contributed by atoms with E-state index in [9.17, 15) is 4.39 Å². The average Bonchev–Trinajstić information content (AvgIpc) is 3.07. The molecule has 3 aliphatic rings. The molecular weight excluding hydrogens is 353 g/mol. The van der Waals surface area contributed by atoms with E-state index in [0.29, 0.717) is 4.47 Å². The maximum Gasteiger partial charge on any atom is 0.137 e. The van der Waals surface area contributed by atoms with Crippen molar-refractivity contribution in [3.63, 3.8) is 0 Å². The van der Waals surface area contributed by atoms with Gasteiger partial charge in [-0.05, 0) is 45.6 Å². The lowest BCUT2D eigenvalue weighted by molar-refractivity contribution is 0.328. The predicted octanol–water partition coefficient (Wildman–Crippen LogP) is 3.29. The summed E-state index contributed by atoms with van der Waals surface area (Å²) in [4.78, 5) is 1.39. The Bertz CT molecular complexity index is 685. The molecule has 0 saturated carbocycles. The summed E-state index contributed by atoms with van der Waals surface area (Å²) in [6.07, 6.45) is 1.07. The Balaban J connectivity index is 1.84. The van der Waals surface area contributed by atoms with Crippen LogP contribution < -0.4 is 10.7 Å². The second-order valence-corrected chi connectivity index (χ2v) is 7.43. The van der Waals surface area contributed by atoms with Crippen LogP contribution in [0.1, 0.15) is 17.9 Å². The molecule has 0 saturated heterocycles. The fourth-order valence-corrected chi connectivity index (χ4v) is 4.88. The topological polar surface area (TPSA) is 27.3 Å². The Labute approximate surface area is 135 Å². The second-order valence-electron chi connectivity index (χ2n) is 5.44. The van der Waals surface area contributed by atoms with Gasteiger partial charge >= 0.3 is 0 Å². The summed E-state index contributed by atoms with van der Waals surface area (Å²) < 4.78 is 14.1. The van der Waals surface area contributed by atoms with Crippen LogP contribution >= 0.6 is 27.7 Å². The van der Waals surface area contributed by atoms with E-state index in [1.165, 1.54) is 16.2 Å². The molecule has 0 fully saturated rings. The number of dihydropyridines is 1. The number of halogens is 2. The van der Waals surface area contributed by atoms with Gasteiger partial charge in [0.25, 0.3) is 0 Å². The fourth-order valence-electron chi connectivity index (χ4n) is 3.19. The van der Waals surface area contributed by atoms with E-state index in [2.05, 4.69) is 26.7 Å². The van der Waals surface area contributed by atoms with Crippen LogP contribution in [0.4, 0.5) is 4.39 Å². The van der Waals surface area contributed by atoms with Crippen LogP contribution in [-0.2, 0) is 0 Å². The maximum atomic E-state index is 13.6. The summed E-state index contributed by atoms with van der Waals surface area (Å²) in [6, 6.07) is 5.37. The summed E-state index contributed by atoms with van der Waals surface area (Å²) in [5.74, 6) is 2.30. The van der Waals surface area contributed by atoms with Crippen LogP contribution in [0.25, 0.3) is 0 Å². The van der Waals surface area contributed by atoms with Crippen molar-refractivity contribution in [2.45, 2.75) is 12.3 Å². The summed E-state index contributed by atoms with van der Waals surface area (Å²) >= 11 is 5.23. The van der Waals surface area contributed by atoms with Gasteiger partial charge in [-0.1, -0.05) is 6.07 Å². The molecule has 4 rings (SSSR count). The van der Waals surface area contributed by atoms with Crippen LogP contribution in [0.15, 0.2) is 44.7 Å². The van der Waals surface area contributed by atoms with Gasteiger partial charge in [-0.15, -0.1) is 11.8 Å². The number of hydrogen-bond acceptors (Lipinski definition) is 4. The van der Waals surface area contributed by atoms with Gasteiger partial charge in [-0.2, -0.15) is 0 Å². The number of hydrazine groups is 1. The standard InChI is InChI=1S/C15H15BrFN3S/c1-20-15-9(7-18-20)13(14-12(19-15)4-5-21-14)8-2-3-11(17)10(16)6-8/h2-3,6,13,18-19H,4-5,7H2,1H3. The van der Waals surface area contributed by atoms with Gasteiger partial charge in [0.2, 0.25) is 0 Å². The lowest BCUT2D eigenvalue weighted by Gasteiger charge is -2.29. The Kier molecular flexibility index (Phi) is 3.28. The van der Waals surface area contributed by atoms with Crippen molar-refractivity contribution in [2.75, 3.05) is 19.3 Å². The number of allylic oxidation sites excluding steroid dienone is 2. The zero-order valence-electron chi connectivity index (χ0n) is 11.5. The monoisotopic (exact) mass is 367 g/mol. The van der Waals surface area contributed by atoms with Crippen LogP contribution in [0, 0.1) is 5.82 Å². The number of benzene rings is 1. The largest absolute Gasteiger partial charge is 0.344 e. The van der Waals surface area contributed by atoms with Crippen molar-refractivity contribution < 1.29 is 4.39 Å². The van der Waals surface area contributed by atoms with Gasteiger partial charge in [0, 0.05) is 35.9 Å². The molecule has 1 atom stereocenters. The first-order valence-corrected chi connectivity index (χ1v) is 8.71. The molecule has 1 aromatic carbocycles. The van der Waals surface area contributed by atoms with Gasteiger partial charge in [-0.3, -0.25) is 5.01 Å². The Hall–Kier alpha value is -0.980.